The summed E-state index contributed by atoms with van der Waals surface area (Å²) in [6.45, 7) is 0.303. The summed E-state index contributed by atoms with van der Waals surface area (Å²) < 4.78 is 41.0. The standard InChI is InChI=1S/C12H17FN2O4S/c1-19-5-2-6-20(17,18)8-12(16)15-11-7-9(13)3-4-10(11)14/h3-4,7H,2,5-6,8,14H2,1H3,(H,15,16). The number of carbonyl (C=O) groups excluding carboxylic acids is 1. The molecule has 1 rings (SSSR count). The van der Waals surface area contributed by atoms with Crippen molar-refractivity contribution in [1.29, 1.82) is 0 Å². The highest BCUT2D eigenvalue weighted by atomic mass is 32.2. The number of ether oxygens (including phenoxy) is 1. The number of halogens is 1. The molecule has 0 unspecified atom stereocenters. The highest BCUT2D eigenvalue weighted by molar-refractivity contribution is 7.92. The first-order valence-corrected chi connectivity index (χ1v) is 7.70. The molecule has 112 valence electrons. The molecule has 0 saturated heterocycles. The van der Waals surface area contributed by atoms with Crippen molar-refractivity contribution in [2.45, 2.75) is 6.42 Å². The van der Waals surface area contributed by atoms with Crippen molar-refractivity contribution in [2.75, 3.05) is 36.3 Å². The molecule has 6 nitrogen and oxygen atoms in total. The lowest BCUT2D eigenvalue weighted by Crippen LogP contribution is -2.25. The van der Waals surface area contributed by atoms with Gasteiger partial charge in [0.2, 0.25) is 5.91 Å². The summed E-state index contributed by atoms with van der Waals surface area (Å²) >= 11 is 0. The summed E-state index contributed by atoms with van der Waals surface area (Å²) in [5.74, 6) is -2.14. The number of nitrogens with one attached hydrogen (secondary N) is 1. The van der Waals surface area contributed by atoms with E-state index in [0.29, 0.717) is 13.0 Å². The number of amides is 1. The predicted molar refractivity (Wildman–Crippen MR) is 74.6 cm³/mol. The van der Waals surface area contributed by atoms with Crippen LogP contribution in [-0.2, 0) is 19.4 Å². The van der Waals surface area contributed by atoms with Gasteiger partial charge in [-0.1, -0.05) is 0 Å². The number of carbonyl (C=O) groups is 1. The lowest BCUT2D eigenvalue weighted by atomic mass is 10.2. The highest BCUT2D eigenvalue weighted by Crippen LogP contribution is 2.19. The van der Waals surface area contributed by atoms with Gasteiger partial charge in [0, 0.05) is 13.7 Å². The SMILES string of the molecule is COCCCS(=O)(=O)CC(=O)Nc1cc(F)ccc1N. The molecule has 0 radical (unpaired) electrons. The summed E-state index contributed by atoms with van der Waals surface area (Å²) in [5.41, 5.74) is 5.77. The zero-order chi connectivity index (χ0) is 15.2. The van der Waals surface area contributed by atoms with Crippen LogP contribution in [0.5, 0.6) is 0 Å². The normalized spacial score (nSPS) is 11.3. The van der Waals surface area contributed by atoms with Gasteiger partial charge in [0.05, 0.1) is 17.1 Å². The third-order valence-corrected chi connectivity index (χ3v) is 4.06. The van der Waals surface area contributed by atoms with Gasteiger partial charge in [-0.05, 0) is 24.6 Å². The number of sulfone groups is 1. The maximum atomic E-state index is 13.0. The van der Waals surface area contributed by atoms with Crippen LogP contribution < -0.4 is 11.1 Å². The number of nitrogen functional groups attached to an aromatic ring is 1. The molecular formula is C12H17FN2O4S. The summed E-state index contributed by atoms with van der Waals surface area (Å²) in [6, 6.07) is 3.47. The van der Waals surface area contributed by atoms with Crippen LogP contribution in [0.2, 0.25) is 0 Å². The van der Waals surface area contributed by atoms with Gasteiger partial charge in [-0.2, -0.15) is 0 Å². The molecule has 3 N–H and O–H groups in total. The third-order valence-electron chi connectivity index (χ3n) is 2.44. The maximum absolute atomic E-state index is 13.0. The second kappa shape index (κ2) is 7.20. The number of anilines is 2. The second-order valence-corrected chi connectivity index (χ2v) is 6.40. The fraction of sp³-hybridized carbons (Fsp3) is 0.417. The maximum Gasteiger partial charge on any atom is 0.239 e. The van der Waals surface area contributed by atoms with Gasteiger partial charge >= 0.3 is 0 Å². The smallest absolute Gasteiger partial charge is 0.239 e. The van der Waals surface area contributed by atoms with E-state index < -0.39 is 27.3 Å². The molecule has 0 atom stereocenters. The van der Waals surface area contributed by atoms with Gasteiger partial charge in [-0.15, -0.1) is 0 Å². The third kappa shape index (κ3) is 5.54. The Kier molecular flexibility index (Phi) is 5.90. The molecular weight excluding hydrogens is 287 g/mol. The minimum Gasteiger partial charge on any atom is -0.397 e. The van der Waals surface area contributed by atoms with E-state index in [-0.39, 0.29) is 17.1 Å². The molecule has 0 heterocycles. The Balaban J connectivity index is 2.61. The van der Waals surface area contributed by atoms with E-state index in [0.717, 1.165) is 12.1 Å². The summed E-state index contributed by atoms with van der Waals surface area (Å²) in [7, 11) is -2.06. The van der Waals surface area contributed by atoms with E-state index in [1.807, 2.05) is 0 Å². The Morgan fingerprint density at radius 2 is 2.15 bits per heavy atom. The van der Waals surface area contributed by atoms with Crippen molar-refractivity contribution < 1.29 is 22.3 Å². The zero-order valence-electron chi connectivity index (χ0n) is 11.1. The summed E-state index contributed by atoms with van der Waals surface area (Å²) in [6.07, 6.45) is 0.314. The van der Waals surface area contributed by atoms with Crippen molar-refractivity contribution in [3.8, 4) is 0 Å². The minimum absolute atomic E-state index is 0.0575. The van der Waals surface area contributed by atoms with Crippen LogP contribution in [0.3, 0.4) is 0 Å². The molecule has 1 amide bonds. The molecule has 0 saturated carbocycles. The lowest BCUT2D eigenvalue weighted by Gasteiger charge is -2.08. The predicted octanol–water partition coefficient (Wildman–Crippen LogP) is 0.798. The van der Waals surface area contributed by atoms with E-state index in [1.165, 1.54) is 13.2 Å². The fourth-order valence-corrected chi connectivity index (χ4v) is 2.69. The summed E-state index contributed by atoms with van der Waals surface area (Å²) in [4.78, 5) is 11.6. The molecule has 0 aliphatic heterocycles. The van der Waals surface area contributed by atoms with E-state index in [4.69, 9.17) is 10.5 Å². The molecule has 1 aromatic carbocycles. The molecule has 1 aromatic rings. The van der Waals surface area contributed by atoms with Crippen LogP contribution in [-0.4, -0.2) is 39.5 Å². The molecule has 0 fully saturated rings. The molecule has 20 heavy (non-hydrogen) atoms. The zero-order valence-corrected chi connectivity index (χ0v) is 11.9. The first-order chi connectivity index (χ1) is 9.34. The monoisotopic (exact) mass is 304 g/mol. The number of hydrogen-bond acceptors (Lipinski definition) is 5. The molecule has 0 aliphatic rings. The Bertz CT molecular complexity index is 575. The molecule has 0 aromatic heterocycles. The largest absolute Gasteiger partial charge is 0.397 e. The van der Waals surface area contributed by atoms with Crippen LogP contribution in [0.4, 0.5) is 15.8 Å². The van der Waals surface area contributed by atoms with Crippen LogP contribution in [0, 0.1) is 5.82 Å². The van der Waals surface area contributed by atoms with Crippen molar-refractivity contribution in [1.82, 2.24) is 0 Å². The van der Waals surface area contributed by atoms with E-state index in [9.17, 15) is 17.6 Å². The second-order valence-electron chi connectivity index (χ2n) is 4.22. The van der Waals surface area contributed by atoms with Gasteiger partial charge in [0.25, 0.3) is 0 Å². The van der Waals surface area contributed by atoms with Gasteiger partial charge in [-0.3, -0.25) is 4.79 Å². The number of hydrogen-bond donors (Lipinski definition) is 2. The first-order valence-electron chi connectivity index (χ1n) is 5.88. The Labute approximate surface area is 117 Å². The average molecular weight is 304 g/mol. The van der Waals surface area contributed by atoms with E-state index in [2.05, 4.69) is 5.32 Å². The van der Waals surface area contributed by atoms with E-state index in [1.54, 1.807) is 0 Å². The quantitative estimate of drug-likeness (QED) is 0.573. The lowest BCUT2D eigenvalue weighted by molar-refractivity contribution is -0.113. The van der Waals surface area contributed by atoms with Crippen molar-refractivity contribution in [2.24, 2.45) is 0 Å². The average Bonchev–Trinajstić information content (AvgIpc) is 2.33. The Morgan fingerprint density at radius 3 is 2.80 bits per heavy atom. The molecule has 0 aliphatic carbocycles. The van der Waals surface area contributed by atoms with Gasteiger partial charge in [0.15, 0.2) is 9.84 Å². The topological polar surface area (TPSA) is 98.5 Å². The number of benzene rings is 1. The Hall–Kier alpha value is -1.67. The van der Waals surface area contributed by atoms with Gasteiger partial charge in [-0.25, -0.2) is 12.8 Å². The number of methoxy groups -OCH3 is 1. The fourth-order valence-electron chi connectivity index (χ4n) is 1.52. The molecule has 0 bridgehead atoms. The molecule has 8 heteroatoms. The Morgan fingerprint density at radius 1 is 1.45 bits per heavy atom. The first kappa shape index (κ1) is 16.4. The minimum atomic E-state index is -3.52. The van der Waals surface area contributed by atoms with Crippen LogP contribution >= 0.6 is 0 Å². The van der Waals surface area contributed by atoms with Crippen molar-refractivity contribution in [3.63, 3.8) is 0 Å². The number of rotatable bonds is 7. The van der Waals surface area contributed by atoms with Crippen molar-refractivity contribution >= 4 is 27.1 Å². The number of nitrogens with two attached hydrogens (primary N) is 1. The summed E-state index contributed by atoms with van der Waals surface area (Å²) in [5, 5.41) is 2.28. The van der Waals surface area contributed by atoms with E-state index >= 15 is 0 Å². The van der Waals surface area contributed by atoms with Crippen LogP contribution in [0.15, 0.2) is 18.2 Å². The van der Waals surface area contributed by atoms with Crippen molar-refractivity contribution in [3.05, 3.63) is 24.0 Å². The van der Waals surface area contributed by atoms with Crippen LogP contribution in [0.25, 0.3) is 0 Å². The highest BCUT2D eigenvalue weighted by Gasteiger charge is 2.17. The molecule has 0 spiro atoms. The van der Waals surface area contributed by atoms with Crippen LogP contribution in [0.1, 0.15) is 6.42 Å². The van der Waals surface area contributed by atoms with Gasteiger partial charge < -0.3 is 15.8 Å². The van der Waals surface area contributed by atoms with Gasteiger partial charge in [0.1, 0.15) is 11.6 Å².